The molecule has 1 aliphatic heterocycles. The highest BCUT2D eigenvalue weighted by atomic mass is 32.1. The van der Waals surface area contributed by atoms with Gasteiger partial charge in [-0.1, -0.05) is 36.4 Å². The molecule has 10 heteroatoms. The number of carbonyl (C=O) groups is 3. The molecule has 204 valence electrons. The van der Waals surface area contributed by atoms with Crippen LogP contribution in [-0.2, 0) is 33.8 Å². The van der Waals surface area contributed by atoms with Crippen LogP contribution in [0.3, 0.4) is 0 Å². The van der Waals surface area contributed by atoms with E-state index in [0.29, 0.717) is 31.7 Å². The summed E-state index contributed by atoms with van der Waals surface area (Å²) in [6.07, 6.45) is 0.601. The van der Waals surface area contributed by atoms with Crippen molar-refractivity contribution in [2.45, 2.75) is 25.8 Å². The number of piperazine rings is 1. The van der Waals surface area contributed by atoms with Crippen molar-refractivity contribution in [2.75, 3.05) is 39.8 Å². The number of benzene rings is 2. The van der Waals surface area contributed by atoms with Gasteiger partial charge in [-0.15, -0.1) is 11.3 Å². The van der Waals surface area contributed by atoms with Crippen LogP contribution in [0.25, 0.3) is 11.3 Å². The fourth-order valence-corrected chi connectivity index (χ4v) is 6.00. The van der Waals surface area contributed by atoms with Gasteiger partial charge in [-0.3, -0.25) is 14.4 Å². The molecule has 0 unspecified atom stereocenters. The summed E-state index contributed by atoms with van der Waals surface area (Å²) in [6.45, 7) is 3.35. The fourth-order valence-electron chi connectivity index (χ4n) is 5.25. The molecule has 0 bridgehead atoms. The second-order valence-electron chi connectivity index (χ2n) is 10.3. The van der Waals surface area contributed by atoms with Crippen molar-refractivity contribution in [3.05, 3.63) is 70.0 Å². The summed E-state index contributed by atoms with van der Waals surface area (Å²) in [4.78, 5) is 46.1. The summed E-state index contributed by atoms with van der Waals surface area (Å²) in [7, 11) is 2.05. The van der Waals surface area contributed by atoms with Crippen LogP contribution in [0.15, 0.2) is 53.9 Å². The van der Waals surface area contributed by atoms with Crippen molar-refractivity contribution in [1.29, 1.82) is 0 Å². The highest BCUT2D eigenvalue weighted by molar-refractivity contribution is 7.09. The van der Waals surface area contributed by atoms with Crippen LogP contribution in [0.1, 0.15) is 22.6 Å². The molecule has 1 aromatic heterocycles. The number of carboxylic acids is 1. The van der Waals surface area contributed by atoms with Crippen LogP contribution in [0.5, 0.6) is 5.75 Å². The van der Waals surface area contributed by atoms with Gasteiger partial charge in [-0.2, -0.15) is 0 Å². The molecule has 0 spiro atoms. The number of thiazole rings is 1. The zero-order valence-electron chi connectivity index (χ0n) is 21.9. The van der Waals surface area contributed by atoms with E-state index in [0.717, 1.165) is 40.5 Å². The normalized spacial score (nSPS) is 16.5. The molecular formula is C29H32N4O5S. The topological polar surface area (TPSA) is 112 Å². The van der Waals surface area contributed by atoms with Gasteiger partial charge in [0, 0.05) is 37.1 Å². The lowest BCUT2D eigenvalue weighted by Crippen LogP contribution is -2.48. The van der Waals surface area contributed by atoms with Gasteiger partial charge in [0.25, 0.3) is 5.91 Å². The van der Waals surface area contributed by atoms with Gasteiger partial charge in [0.05, 0.1) is 24.1 Å². The van der Waals surface area contributed by atoms with Crippen LogP contribution in [0.2, 0.25) is 0 Å². The third kappa shape index (κ3) is 6.29. The van der Waals surface area contributed by atoms with Crippen molar-refractivity contribution in [3.8, 4) is 17.0 Å². The lowest BCUT2D eigenvalue weighted by molar-refractivity contribution is -0.145. The highest BCUT2D eigenvalue weighted by Crippen LogP contribution is 2.40. The van der Waals surface area contributed by atoms with Gasteiger partial charge < -0.3 is 25.0 Å². The molecule has 39 heavy (non-hydrogen) atoms. The number of nitrogens with one attached hydrogen (secondary N) is 1. The van der Waals surface area contributed by atoms with E-state index in [1.54, 1.807) is 0 Å². The molecule has 2 N–H and O–H groups in total. The molecule has 9 nitrogen and oxygen atoms in total. The molecular weight excluding hydrogens is 516 g/mol. The van der Waals surface area contributed by atoms with Gasteiger partial charge >= 0.3 is 5.97 Å². The van der Waals surface area contributed by atoms with Crippen molar-refractivity contribution in [3.63, 3.8) is 0 Å². The van der Waals surface area contributed by atoms with E-state index in [2.05, 4.69) is 15.2 Å². The number of nitrogens with zero attached hydrogens (tertiary/aromatic N) is 3. The molecule has 2 aliphatic rings. The minimum absolute atomic E-state index is 0.0104. The van der Waals surface area contributed by atoms with Gasteiger partial charge in [0.1, 0.15) is 10.8 Å². The Labute approximate surface area is 231 Å². The summed E-state index contributed by atoms with van der Waals surface area (Å²) < 4.78 is 5.79. The first-order valence-electron chi connectivity index (χ1n) is 13.0. The van der Waals surface area contributed by atoms with Crippen molar-refractivity contribution in [2.24, 2.45) is 5.41 Å². The van der Waals surface area contributed by atoms with Crippen LogP contribution in [0.4, 0.5) is 0 Å². The minimum Gasteiger partial charge on any atom is -0.484 e. The van der Waals surface area contributed by atoms with E-state index in [-0.39, 0.29) is 31.4 Å². The van der Waals surface area contributed by atoms with E-state index < -0.39 is 11.4 Å². The average molecular weight is 549 g/mol. The summed E-state index contributed by atoms with van der Waals surface area (Å²) >= 11 is 1.42. The molecule has 1 fully saturated rings. The molecule has 3 aromatic rings. The van der Waals surface area contributed by atoms with Gasteiger partial charge in [-0.05, 0) is 43.1 Å². The Hall–Kier alpha value is -3.76. The fraction of sp³-hybridized carbons (Fsp3) is 0.379. The van der Waals surface area contributed by atoms with E-state index in [1.165, 1.54) is 11.3 Å². The second-order valence-corrected chi connectivity index (χ2v) is 11.2. The second kappa shape index (κ2) is 11.5. The Balaban J connectivity index is 1.19. The average Bonchev–Trinajstić information content (AvgIpc) is 3.56. The SMILES string of the molecule is CN1CCN(C(=O)COc2cccc(-c3csc(CNC(=O)C4(CC(=O)O)Cc5ccccc5C4)n3)c2)CC1. The number of aromatic nitrogens is 1. The van der Waals surface area contributed by atoms with Gasteiger partial charge in [-0.25, -0.2) is 4.98 Å². The Kier molecular flexibility index (Phi) is 7.94. The first-order chi connectivity index (χ1) is 18.8. The smallest absolute Gasteiger partial charge is 0.304 e. The maximum atomic E-state index is 13.3. The maximum Gasteiger partial charge on any atom is 0.304 e. The molecule has 2 aromatic carbocycles. The molecule has 1 saturated heterocycles. The molecule has 5 rings (SSSR count). The Morgan fingerprint density at radius 2 is 1.77 bits per heavy atom. The zero-order chi connectivity index (χ0) is 27.4. The van der Waals surface area contributed by atoms with E-state index in [1.807, 2.05) is 65.9 Å². The van der Waals surface area contributed by atoms with Crippen molar-refractivity contribution >= 4 is 29.1 Å². The van der Waals surface area contributed by atoms with Crippen LogP contribution < -0.4 is 10.1 Å². The molecule has 0 saturated carbocycles. The summed E-state index contributed by atoms with van der Waals surface area (Å²) in [5, 5.41) is 15.1. The number of rotatable bonds is 9. The predicted molar refractivity (Wildman–Crippen MR) is 148 cm³/mol. The third-order valence-electron chi connectivity index (χ3n) is 7.45. The monoisotopic (exact) mass is 548 g/mol. The van der Waals surface area contributed by atoms with Crippen LogP contribution >= 0.6 is 11.3 Å². The van der Waals surface area contributed by atoms with Gasteiger partial charge in [0.15, 0.2) is 6.61 Å². The van der Waals surface area contributed by atoms with Crippen molar-refractivity contribution < 1.29 is 24.2 Å². The number of hydrogen-bond donors (Lipinski definition) is 2. The standard InChI is InChI=1S/C29H32N4O5S/c1-32-9-11-33(12-10-32)26(34)18-38-23-8-4-7-20(13-23)24-19-39-25(31-24)17-30-28(37)29(16-27(35)36)14-21-5-2-3-6-22(21)15-29/h2-8,13,19H,9-12,14-18H2,1H3,(H,30,37)(H,35,36). The predicted octanol–water partition coefficient (Wildman–Crippen LogP) is 2.84. The number of fused-ring (bicyclic) bond motifs is 1. The lowest BCUT2D eigenvalue weighted by Gasteiger charge is -2.32. The number of amides is 2. The van der Waals surface area contributed by atoms with E-state index >= 15 is 0 Å². The quantitative estimate of drug-likeness (QED) is 0.423. The van der Waals surface area contributed by atoms with Crippen LogP contribution in [-0.4, -0.2) is 77.5 Å². The minimum atomic E-state index is -0.997. The summed E-state index contributed by atoms with van der Waals surface area (Å²) in [6, 6.07) is 15.2. The Bertz CT molecular complexity index is 1340. The number of ether oxygens (including phenoxy) is 1. The molecule has 2 heterocycles. The first-order valence-corrected chi connectivity index (χ1v) is 13.9. The van der Waals surface area contributed by atoms with E-state index in [4.69, 9.17) is 4.74 Å². The summed E-state index contributed by atoms with van der Waals surface area (Å²) in [5.41, 5.74) is 2.65. The van der Waals surface area contributed by atoms with E-state index in [9.17, 15) is 19.5 Å². The van der Waals surface area contributed by atoms with Crippen molar-refractivity contribution in [1.82, 2.24) is 20.1 Å². The number of carboxylic acid groups (broad SMARTS) is 1. The molecule has 2 amide bonds. The Morgan fingerprint density at radius 3 is 2.46 bits per heavy atom. The number of hydrogen-bond acceptors (Lipinski definition) is 7. The van der Waals surface area contributed by atoms with Gasteiger partial charge in [0.2, 0.25) is 5.91 Å². The van der Waals surface area contributed by atoms with Crippen LogP contribution in [0, 0.1) is 5.41 Å². The molecule has 0 atom stereocenters. The Morgan fingerprint density at radius 1 is 1.05 bits per heavy atom. The lowest BCUT2D eigenvalue weighted by atomic mass is 9.80. The maximum absolute atomic E-state index is 13.3. The number of carbonyl (C=O) groups excluding carboxylic acids is 2. The highest BCUT2D eigenvalue weighted by Gasteiger charge is 2.45. The number of aliphatic carboxylic acids is 1. The largest absolute Gasteiger partial charge is 0.484 e. The zero-order valence-corrected chi connectivity index (χ0v) is 22.7. The first kappa shape index (κ1) is 26.8. The molecule has 0 radical (unpaired) electrons. The number of likely N-dealkylation sites (N-methyl/N-ethyl adjacent to an activating group) is 1. The summed E-state index contributed by atoms with van der Waals surface area (Å²) in [5.74, 6) is -0.680. The molecule has 1 aliphatic carbocycles. The third-order valence-corrected chi connectivity index (χ3v) is 8.30.